The number of anilines is 2. The second kappa shape index (κ2) is 13.2. The molecule has 0 unspecified atom stereocenters. The van der Waals surface area contributed by atoms with Crippen LogP contribution in [0.4, 0.5) is 11.4 Å². The summed E-state index contributed by atoms with van der Waals surface area (Å²) in [6.07, 6.45) is 8.31. The maximum absolute atomic E-state index is 10.2. The van der Waals surface area contributed by atoms with Crippen molar-refractivity contribution in [3.63, 3.8) is 0 Å². The summed E-state index contributed by atoms with van der Waals surface area (Å²) in [5, 5.41) is 20.2. The maximum Gasteiger partial charge on any atom is 0.163 e. The minimum absolute atomic E-state index is 0.279. The van der Waals surface area contributed by atoms with E-state index in [0.29, 0.717) is 24.7 Å². The number of hydrogen-bond acceptors (Lipinski definition) is 6. The molecule has 0 spiro atoms. The molecule has 0 saturated heterocycles. The van der Waals surface area contributed by atoms with Crippen LogP contribution in [0.2, 0.25) is 0 Å². The fourth-order valence-electron chi connectivity index (χ4n) is 4.06. The lowest BCUT2D eigenvalue weighted by atomic mass is 10.0. The second-order valence-corrected chi connectivity index (χ2v) is 9.55. The van der Waals surface area contributed by atoms with Crippen LogP contribution in [-0.4, -0.2) is 19.8 Å². The first-order valence-corrected chi connectivity index (χ1v) is 13.4. The van der Waals surface area contributed by atoms with Gasteiger partial charge in [-0.25, -0.2) is 0 Å². The molecular weight excluding hydrogens is 442 g/mol. The number of benzene rings is 2. The van der Waals surface area contributed by atoms with Gasteiger partial charge in [0.2, 0.25) is 0 Å². The molecule has 0 radical (unpaired) electrons. The molecule has 0 bridgehead atoms. The molecule has 1 heterocycles. The third-order valence-electron chi connectivity index (χ3n) is 5.93. The standard InChI is InChI=1S/C28H35N3O2S/c1-4-7-10-13-16-31-23-14-11-12-15-24(23)34-28-25(31)26(32-17-8-5-2)21(19-29)22(20-30)27(28)33-18-9-6-3/h11-12,14-15H,4-10,13,16-18H2,1-3H3. The van der Waals surface area contributed by atoms with Crippen molar-refractivity contribution >= 4 is 23.1 Å². The van der Waals surface area contributed by atoms with Gasteiger partial charge in [-0.05, 0) is 31.4 Å². The average Bonchev–Trinajstić information content (AvgIpc) is 2.86. The topological polar surface area (TPSA) is 69.3 Å². The Bertz CT molecular complexity index is 1060. The summed E-state index contributed by atoms with van der Waals surface area (Å²) in [7, 11) is 0. The van der Waals surface area contributed by atoms with Gasteiger partial charge in [0.1, 0.15) is 29.0 Å². The van der Waals surface area contributed by atoms with E-state index < -0.39 is 0 Å². The van der Waals surface area contributed by atoms with Crippen LogP contribution < -0.4 is 14.4 Å². The second-order valence-electron chi connectivity index (χ2n) is 8.50. The Balaban J connectivity index is 2.22. The van der Waals surface area contributed by atoms with Gasteiger partial charge < -0.3 is 14.4 Å². The molecule has 0 N–H and O–H groups in total. The van der Waals surface area contributed by atoms with Gasteiger partial charge in [0.05, 0.1) is 23.8 Å². The quantitative estimate of drug-likeness (QED) is 0.272. The number of nitrogens with zero attached hydrogens (tertiary/aromatic N) is 3. The molecule has 0 saturated carbocycles. The highest BCUT2D eigenvalue weighted by Crippen LogP contribution is 2.57. The van der Waals surface area contributed by atoms with E-state index in [1.807, 2.05) is 6.07 Å². The first-order chi connectivity index (χ1) is 16.7. The van der Waals surface area contributed by atoms with Crippen molar-refractivity contribution in [3.05, 3.63) is 35.4 Å². The van der Waals surface area contributed by atoms with Gasteiger partial charge in [0.25, 0.3) is 0 Å². The highest BCUT2D eigenvalue weighted by atomic mass is 32.2. The van der Waals surface area contributed by atoms with Crippen molar-refractivity contribution in [2.24, 2.45) is 0 Å². The molecule has 3 rings (SSSR count). The maximum atomic E-state index is 10.2. The minimum Gasteiger partial charge on any atom is -0.491 e. The van der Waals surface area contributed by atoms with E-state index in [1.165, 1.54) is 12.8 Å². The van der Waals surface area contributed by atoms with Crippen LogP contribution in [0.1, 0.15) is 83.3 Å². The summed E-state index contributed by atoms with van der Waals surface area (Å²) < 4.78 is 12.5. The van der Waals surface area contributed by atoms with Crippen molar-refractivity contribution in [1.82, 2.24) is 0 Å². The van der Waals surface area contributed by atoms with E-state index in [4.69, 9.17) is 9.47 Å². The van der Waals surface area contributed by atoms with Crippen molar-refractivity contribution in [3.8, 4) is 23.6 Å². The SMILES string of the molecule is CCCCCCN1c2ccccc2Sc2c(OCCCC)c(C#N)c(C#N)c(OCCCC)c21. The summed E-state index contributed by atoms with van der Waals surface area (Å²) in [5.74, 6) is 1.03. The lowest BCUT2D eigenvalue weighted by Crippen LogP contribution is -2.24. The van der Waals surface area contributed by atoms with E-state index in [-0.39, 0.29) is 11.1 Å². The Morgan fingerprint density at radius 1 is 0.794 bits per heavy atom. The number of fused-ring (bicyclic) bond motifs is 2. The number of rotatable bonds is 13. The summed E-state index contributed by atoms with van der Waals surface area (Å²) >= 11 is 1.61. The fraction of sp³-hybridized carbons (Fsp3) is 0.500. The van der Waals surface area contributed by atoms with Crippen LogP contribution >= 0.6 is 11.8 Å². The van der Waals surface area contributed by atoms with Gasteiger partial charge in [-0.1, -0.05) is 76.8 Å². The van der Waals surface area contributed by atoms with Crippen LogP contribution in [0.5, 0.6) is 11.5 Å². The molecule has 0 atom stereocenters. The predicted octanol–water partition coefficient (Wildman–Crippen LogP) is 7.97. The Labute approximate surface area is 208 Å². The molecule has 1 aliphatic heterocycles. The summed E-state index contributed by atoms with van der Waals surface area (Å²) in [6, 6.07) is 12.9. The Hall–Kier alpha value is -2.83. The zero-order valence-electron chi connectivity index (χ0n) is 20.7. The molecule has 2 aromatic carbocycles. The van der Waals surface area contributed by atoms with E-state index >= 15 is 0 Å². The lowest BCUT2D eigenvalue weighted by Gasteiger charge is -2.35. The molecule has 6 heteroatoms. The number of nitriles is 2. The molecule has 180 valence electrons. The monoisotopic (exact) mass is 477 g/mol. The zero-order chi connectivity index (χ0) is 24.3. The molecule has 0 amide bonds. The zero-order valence-corrected chi connectivity index (χ0v) is 21.5. The number of para-hydroxylation sites is 1. The first kappa shape index (κ1) is 25.8. The Kier molecular flexibility index (Phi) is 9.98. The van der Waals surface area contributed by atoms with Crippen molar-refractivity contribution < 1.29 is 9.47 Å². The van der Waals surface area contributed by atoms with Crippen molar-refractivity contribution in [2.45, 2.75) is 81.9 Å². The summed E-state index contributed by atoms with van der Waals surface area (Å²) in [6.45, 7) is 8.27. The fourth-order valence-corrected chi connectivity index (χ4v) is 5.27. The van der Waals surface area contributed by atoms with Gasteiger partial charge in [-0.3, -0.25) is 0 Å². The van der Waals surface area contributed by atoms with Gasteiger partial charge in [0, 0.05) is 11.4 Å². The summed E-state index contributed by atoms with van der Waals surface area (Å²) in [4.78, 5) is 4.29. The Morgan fingerprint density at radius 2 is 1.41 bits per heavy atom. The highest BCUT2D eigenvalue weighted by Gasteiger charge is 2.34. The minimum atomic E-state index is 0.279. The molecular formula is C28H35N3O2S. The highest BCUT2D eigenvalue weighted by molar-refractivity contribution is 7.99. The molecule has 1 aliphatic rings. The van der Waals surface area contributed by atoms with E-state index in [2.05, 4.69) is 56.0 Å². The van der Waals surface area contributed by atoms with Crippen LogP contribution in [0, 0.1) is 22.7 Å². The third kappa shape index (κ3) is 5.62. The van der Waals surface area contributed by atoms with Gasteiger partial charge in [0.15, 0.2) is 11.5 Å². The average molecular weight is 478 g/mol. The molecule has 0 aromatic heterocycles. The lowest BCUT2D eigenvalue weighted by molar-refractivity contribution is 0.294. The van der Waals surface area contributed by atoms with Gasteiger partial charge in [-0.2, -0.15) is 10.5 Å². The van der Waals surface area contributed by atoms with Gasteiger partial charge >= 0.3 is 0 Å². The third-order valence-corrected chi connectivity index (χ3v) is 7.07. The molecule has 0 fully saturated rings. The normalized spacial score (nSPS) is 11.9. The van der Waals surface area contributed by atoms with Crippen LogP contribution in [0.25, 0.3) is 0 Å². The number of ether oxygens (including phenoxy) is 2. The molecule has 2 aromatic rings. The predicted molar refractivity (Wildman–Crippen MR) is 138 cm³/mol. The van der Waals surface area contributed by atoms with Gasteiger partial charge in [-0.15, -0.1) is 0 Å². The van der Waals surface area contributed by atoms with Crippen molar-refractivity contribution in [1.29, 1.82) is 10.5 Å². The van der Waals surface area contributed by atoms with Crippen LogP contribution in [0.3, 0.4) is 0 Å². The largest absolute Gasteiger partial charge is 0.491 e. The van der Waals surface area contributed by atoms with Crippen LogP contribution in [0.15, 0.2) is 34.1 Å². The van der Waals surface area contributed by atoms with E-state index in [1.54, 1.807) is 11.8 Å². The molecule has 34 heavy (non-hydrogen) atoms. The Morgan fingerprint density at radius 3 is 2.06 bits per heavy atom. The smallest absolute Gasteiger partial charge is 0.163 e. The molecule has 5 nitrogen and oxygen atoms in total. The van der Waals surface area contributed by atoms with Crippen molar-refractivity contribution in [2.75, 3.05) is 24.7 Å². The van der Waals surface area contributed by atoms with Crippen LogP contribution in [-0.2, 0) is 0 Å². The van der Waals surface area contributed by atoms with E-state index in [9.17, 15) is 10.5 Å². The number of hydrogen-bond donors (Lipinski definition) is 0. The molecule has 0 aliphatic carbocycles. The van der Waals surface area contributed by atoms with E-state index in [0.717, 1.165) is 66.2 Å². The first-order valence-electron chi connectivity index (χ1n) is 12.6. The number of unbranched alkanes of at least 4 members (excludes halogenated alkanes) is 5. The summed E-state index contributed by atoms with van der Waals surface area (Å²) in [5.41, 5.74) is 2.55.